The molecule has 1 unspecified atom stereocenters. The largest absolute Gasteiger partial charge is 0.365 e. The van der Waals surface area contributed by atoms with Crippen LogP contribution in [0.2, 0.25) is 5.02 Å². The van der Waals surface area contributed by atoms with Crippen LogP contribution >= 0.6 is 22.9 Å². The van der Waals surface area contributed by atoms with Crippen LogP contribution in [-0.4, -0.2) is 43.6 Å². The summed E-state index contributed by atoms with van der Waals surface area (Å²) in [7, 11) is 0. The first-order valence-electron chi connectivity index (χ1n) is 11.8. The maximum absolute atomic E-state index is 13.1. The lowest BCUT2D eigenvalue weighted by atomic mass is 10.0. The number of imidazole rings is 1. The van der Waals surface area contributed by atoms with E-state index < -0.39 is 11.9 Å². The highest BCUT2D eigenvalue weighted by Gasteiger charge is 2.39. The summed E-state index contributed by atoms with van der Waals surface area (Å²) in [4.78, 5) is 44.5. The molecule has 2 aliphatic heterocycles. The van der Waals surface area contributed by atoms with Crippen molar-refractivity contribution in [2.24, 2.45) is 0 Å². The van der Waals surface area contributed by atoms with Crippen LogP contribution in [0.5, 0.6) is 0 Å². The van der Waals surface area contributed by atoms with Crippen LogP contribution in [0.25, 0.3) is 26.4 Å². The fraction of sp³-hybridized carbons (Fsp3) is 0.308. The maximum Gasteiger partial charge on any atom is 0.255 e. The Morgan fingerprint density at radius 1 is 1.14 bits per heavy atom. The van der Waals surface area contributed by atoms with Crippen molar-refractivity contribution in [3.8, 4) is 11.3 Å². The van der Waals surface area contributed by atoms with Crippen molar-refractivity contribution in [3.63, 3.8) is 0 Å². The number of nitrogens with zero attached hydrogens (tertiary/aromatic N) is 3. The van der Waals surface area contributed by atoms with Crippen LogP contribution in [-0.2, 0) is 16.1 Å². The average molecular weight is 522 g/mol. The SMILES string of the molecule is CC(C)(C)Nc1c(-c2ccc3c(c2)CN(C2CCC(=O)NC2=O)C3=O)nc2sc3cc(Cl)ccc3n12. The van der Waals surface area contributed by atoms with Crippen LogP contribution < -0.4 is 10.6 Å². The number of hydrogen-bond donors (Lipinski definition) is 2. The Morgan fingerprint density at radius 3 is 2.69 bits per heavy atom. The zero-order chi connectivity index (χ0) is 25.4. The number of thiazole rings is 1. The van der Waals surface area contributed by atoms with Gasteiger partial charge in [-0.15, -0.1) is 0 Å². The molecule has 0 radical (unpaired) electrons. The summed E-state index contributed by atoms with van der Waals surface area (Å²) in [5, 5.41) is 6.65. The van der Waals surface area contributed by atoms with Crippen molar-refractivity contribution >= 4 is 61.7 Å². The Hall–Kier alpha value is -3.43. The number of carbonyl (C=O) groups is 3. The number of halogens is 1. The first-order chi connectivity index (χ1) is 17.1. The summed E-state index contributed by atoms with van der Waals surface area (Å²) in [5.41, 5.74) is 3.90. The number of imide groups is 1. The van der Waals surface area contributed by atoms with E-state index in [1.807, 2.05) is 36.4 Å². The molecule has 0 saturated carbocycles. The Labute approximate surface area is 216 Å². The Balaban J connectivity index is 1.43. The molecule has 36 heavy (non-hydrogen) atoms. The average Bonchev–Trinajstić information content (AvgIpc) is 3.43. The zero-order valence-corrected chi connectivity index (χ0v) is 21.6. The third-order valence-corrected chi connectivity index (χ3v) is 7.74. The van der Waals surface area contributed by atoms with Gasteiger partial charge in [-0.3, -0.25) is 24.1 Å². The number of benzene rings is 2. The van der Waals surface area contributed by atoms with Gasteiger partial charge in [0.2, 0.25) is 11.8 Å². The number of amides is 3. The van der Waals surface area contributed by atoms with Crippen molar-refractivity contribution < 1.29 is 14.4 Å². The molecule has 0 aliphatic carbocycles. The number of rotatable bonds is 3. The summed E-state index contributed by atoms with van der Waals surface area (Å²) in [6.07, 6.45) is 0.569. The number of aromatic nitrogens is 2. The lowest BCUT2D eigenvalue weighted by Crippen LogP contribution is -2.52. The van der Waals surface area contributed by atoms with Crippen molar-refractivity contribution in [1.29, 1.82) is 0 Å². The van der Waals surface area contributed by atoms with E-state index in [0.717, 1.165) is 37.8 Å². The van der Waals surface area contributed by atoms with Gasteiger partial charge < -0.3 is 10.2 Å². The monoisotopic (exact) mass is 521 g/mol. The predicted molar refractivity (Wildman–Crippen MR) is 140 cm³/mol. The number of fused-ring (bicyclic) bond motifs is 4. The van der Waals surface area contributed by atoms with Gasteiger partial charge in [-0.25, -0.2) is 4.98 Å². The van der Waals surface area contributed by atoms with Gasteiger partial charge in [-0.1, -0.05) is 29.0 Å². The van der Waals surface area contributed by atoms with E-state index in [1.54, 1.807) is 16.2 Å². The molecule has 2 aromatic carbocycles. The number of nitrogens with one attached hydrogen (secondary N) is 2. The molecule has 8 nitrogen and oxygen atoms in total. The summed E-state index contributed by atoms with van der Waals surface area (Å²) in [6.45, 7) is 6.61. The molecule has 0 spiro atoms. The first kappa shape index (κ1) is 23.0. The van der Waals surface area contributed by atoms with Crippen molar-refractivity contribution in [3.05, 3.63) is 52.5 Å². The molecule has 0 bridgehead atoms. The lowest BCUT2D eigenvalue weighted by Gasteiger charge is -2.29. The second-order valence-corrected chi connectivity index (χ2v) is 11.7. The Bertz CT molecular complexity index is 1600. The third-order valence-electron chi connectivity index (χ3n) is 6.50. The van der Waals surface area contributed by atoms with Gasteiger partial charge in [-0.2, -0.15) is 0 Å². The van der Waals surface area contributed by atoms with E-state index in [2.05, 4.69) is 35.8 Å². The van der Waals surface area contributed by atoms with Crippen LogP contribution in [0.3, 0.4) is 0 Å². The molecule has 6 rings (SSSR count). The van der Waals surface area contributed by atoms with Crippen molar-refractivity contribution in [2.45, 2.75) is 51.7 Å². The molecule has 1 saturated heterocycles. The summed E-state index contributed by atoms with van der Waals surface area (Å²) in [6, 6.07) is 10.9. The maximum atomic E-state index is 13.1. The molecule has 1 fully saturated rings. The van der Waals surface area contributed by atoms with Gasteiger partial charge in [0.1, 0.15) is 17.6 Å². The number of carbonyl (C=O) groups excluding carboxylic acids is 3. The van der Waals surface area contributed by atoms with E-state index in [-0.39, 0.29) is 23.8 Å². The molecular formula is C26H24ClN5O3S. The minimum Gasteiger partial charge on any atom is -0.365 e. The zero-order valence-electron chi connectivity index (χ0n) is 20.0. The van der Waals surface area contributed by atoms with Gasteiger partial charge >= 0.3 is 0 Å². The van der Waals surface area contributed by atoms with E-state index >= 15 is 0 Å². The number of hydrogen-bond acceptors (Lipinski definition) is 6. The van der Waals surface area contributed by atoms with Crippen LogP contribution in [0.15, 0.2) is 36.4 Å². The fourth-order valence-electron chi connectivity index (χ4n) is 4.94. The molecule has 10 heteroatoms. The van der Waals surface area contributed by atoms with E-state index in [0.29, 0.717) is 23.6 Å². The van der Waals surface area contributed by atoms with Crippen LogP contribution in [0.1, 0.15) is 49.5 Å². The predicted octanol–water partition coefficient (Wildman–Crippen LogP) is 4.84. The van der Waals surface area contributed by atoms with Gasteiger partial charge in [0, 0.05) is 34.7 Å². The summed E-state index contributed by atoms with van der Waals surface area (Å²) < 4.78 is 3.17. The molecule has 1 atom stereocenters. The highest BCUT2D eigenvalue weighted by Crippen LogP contribution is 2.39. The Morgan fingerprint density at radius 2 is 1.94 bits per heavy atom. The summed E-state index contributed by atoms with van der Waals surface area (Å²) in [5.74, 6) is -0.0214. The van der Waals surface area contributed by atoms with Crippen LogP contribution in [0, 0.1) is 0 Å². The van der Waals surface area contributed by atoms with Crippen LogP contribution in [0.4, 0.5) is 5.82 Å². The minimum atomic E-state index is -0.639. The standard InChI is InChI=1S/C26H24ClN5O3S/c1-26(2,3)30-22-21(29-25-32(22)17-7-5-15(27)11-19(17)36-25)13-4-6-16-14(10-13)12-31(24(16)35)18-8-9-20(33)28-23(18)34/h4-7,10-11,18,30H,8-9,12H2,1-3H3,(H,28,33,34). The van der Waals surface area contributed by atoms with E-state index in [4.69, 9.17) is 16.6 Å². The molecule has 4 heterocycles. The van der Waals surface area contributed by atoms with Gasteiger partial charge in [0.05, 0.1) is 10.2 Å². The normalized spacial score (nSPS) is 18.3. The van der Waals surface area contributed by atoms with Gasteiger partial charge in [0.25, 0.3) is 5.91 Å². The minimum absolute atomic E-state index is 0.187. The van der Waals surface area contributed by atoms with Crippen molar-refractivity contribution in [2.75, 3.05) is 5.32 Å². The smallest absolute Gasteiger partial charge is 0.255 e. The van der Waals surface area contributed by atoms with Crippen molar-refractivity contribution in [1.82, 2.24) is 19.6 Å². The molecule has 4 aromatic rings. The first-order valence-corrected chi connectivity index (χ1v) is 13.0. The molecule has 184 valence electrons. The molecule has 3 amide bonds. The fourth-order valence-corrected chi connectivity index (χ4v) is 6.24. The second kappa shape index (κ2) is 8.04. The number of anilines is 1. The summed E-state index contributed by atoms with van der Waals surface area (Å²) >= 11 is 7.79. The second-order valence-electron chi connectivity index (χ2n) is 10.3. The molecule has 2 aromatic heterocycles. The molecule has 2 aliphatic rings. The molecule has 2 N–H and O–H groups in total. The quantitative estimate of drug-likeness (QED) is 0.376. The van der Waals surface area contributed by atoms with Gasteiger partial charge in [0.15, 0.2) is 4.96 Å². The molecular weight excluding hydrogens is 498 g/mol. The highest BCUT2D eigenvalue weighted by molar-refractivity contribution is 7.23. The van der Waals surface area contributed by atoms with E-state index in [1.165, 1.54) is 0 Å². The topological polar surface area (TPSA) is 95.8 Å². The Kier molecular flexibility index (Phi) is 5.14. The van der Waals surface area contributed by atoms with Gasteiger partial charge in [-0.05, 0) is 63.1 Å². The number of piperidine rings is 1. The van der Waals surface area contributed by atoms with E-state index in [9.17, 15) is 14.4 Å². The third kappa shape index (κ3) is 3.74. The lowest BCUT2D eigenvalue weighted by molar-refractivity contribution is -0.136. The highest BCUT2D eigenvalue weighted by atomic mass is 35.5.